The van der Waals surface area contributed by atoms with Crippen LogP contribution < -0.4 is 5.32 Å². The molecule has 0 radical (unpaired) electrons. The number of benzene rings is 2. The Bertz CT molecular complexity index is 587. The van der Waals surface area contributed by atoms with E-state index in [1.165, 1.54) is 11.1 Å². The molecular formula is C20H26N2O. The molecule has 3 rings (SSSR count). The van der Waals surface area contributed by atoms with Crippen LogP contribution in [-0.2, 0) is 6.54 Å². The van der Waals surface area contributed by atoms with E-state index in [-0.39, 0.29) is 18.2 Å². The van der Waals surface area contributed by atoms with Gasteiger partial charge in [-0.15, -0.1) is 0 Å². The Kier molecular flexibility index (Phi) is 5.44. The number of aliphatic hydroxyl groups is 1. The molecule has 0 bridgehead atoms. The molecule has 3 atom stereocenters. The van der Waals surface area contributed by atoms with Crippen molar-refractivity contribution >= 4 is 0 Å². The molecule has 0 saturated carbocycles. The van der Waals surface area contributed by atoms with Gasteiger partial charge in [0.05, 0.1) is 6.10 Å². The minimum atomic E-state index is -0.321. The first-order valence-corrected chi connectivity index (χ1v) is 8.48. The van der Waals surface area contributed by atoms with Gasteiger partial charge in [0.15, 0.2) is 0 Å². The third-order valence-electron chi connectivity index (χ3n) is 4.68. The molecule has 122 valence electrons. The standard InChI is InChI=1S/C20H26N2O/c1-16(18-10-6-3-7-11-18)21-19-12-13-22(15-20(19)23)14-17-8-4-2-5-9-17/h2-11,16,19-21,23H,12-15H2,1H3. The molecule has 0 aliphatic carbocycles. The maximum atomic E-state index is 10.5. The highest BCUT2D eigenvalue weighted by Crippen LogP contribution is 2.19. The highest BCUT2D eigenvalue weighted by Gasteiger charge is 2.28. The lowest BCUT2D eigenvalue weighted by Gasteiger charge is -2.37. The summed E-state index contributed by atoms with van der Waals surface area (Å²) in [6.07, 6.45) is 0.657. The van der Waals surface area contributed by atoms with Gasteiger partial charge in [-0.1, -0.05) is 60.7 Å². The lowest BCUT2D eigenvalue weighted by atomic mass is 9.98. The van der Waals surface area contributed by atoms with Crippen LogP contribution in [0.15, 0.2) is 60.7 Å². The van der Waals surface area contributed by atoms with E-state index >= 15 is 0 Å². The van der Waals surface area contributed by atoms with Crippen LogP contribution in [0.4, 0.5) is 0 Å². The second kappa shape index (κ2) is 7.73. The summed E-state index contributed by atoms with van der Waals surface area (Å²) < 4.78 is 0. The minimum absolute atomic E-state index is 0.164. The van der Waals surface area contributed by atoms with Gasteiger partial charge in [0, 0.05) is 31.7 Å². The van der Waals surface area contributed by atoms with Gasteiger partial charge in [-0.2, -0.15) is 0 Å². The summed E-state index contributed by atoms with van der Waals surface area (Å²) in [7, 11) is 0. The summed E-state index contributed by atoms with van der Waals surface area (Å²) in [5.41, 5.74) is 2.58. The Morgan fingerprint density at radius 3 is 2.39 bits per heavy atom. The molecule has 0 aromatic heterocycles. The van der Waals surface area contributed by atoms with Gasteiger partial charge in [-0.05, 0) is 24.5 Å². The van der Waals surface area contributed by atoms with E-state index in [0.717, 1.165) is 26.1 Å². The normalized spacial score (nSPS) is 23.6. The van der Waals surface area contributed by atoms with Crippen molar-refractivity contribution in [3.05, 3.63) is 71.8 Å². The summed E-state index contributed by atoms with van der Waals surface area (Å²) in [6, 6.07) is 21.3. The van der Waals surface area contributed by atoms with E-state index in [0.29, 0.717) is 0 Å². The molecule has 3 heteroatoms. The van der Waals surface area contributed by atoms with Crippen LogP contribution in [0.5, 0.6) is 0 Å². The summed E-state index contributed by atoms with van der Waals surface area (Å²) >= 11 is 0. The molecular weight excluding hydrogens is 284 g/mol. The van der Waals surface area contributed by atoms with Crippen molar-refractivity contribution in [2.24, 2.45) is 0 Å². The quantitative estimate of drug-likeness (QED) is 0.891. The summed E-state index contributed by atoms with van der Waals surface area (Å²) in [4.78, 5) is 2.34. The number of likely N-dealkylation sites (tertiary alicyclic amines) is 1. The highest BCUT2D eigenvalue weighted by molar-refractivity contribution is 5.18. The number of hydrogen-bond donors (Lipinski definition) is 2. The van der Waals surface area contributed by atoms with Gasteiger partial charge in [-0.25, -0.2) is 0 Å². The van der Waals surface area contributed by atoms with Crippen molar-refractivity contribution in [3.8, 4) is 0 Å². The Morgan fingerprint density at radius 1 is 1.09 bits per heavy atom. The van der Waals surface area contributed by atoms with Crippen LogP contribution in [0, 0.1) is 0 Å². The Morgan fingerprint density at radius 2 is 1.74 bits per heavy atom. The average molecular weight is 310 g/mol. The topological polar surface area (TPSA) is 35.5 Å². The molecule has 0 spiro atoms. The van der Waals surface area contributed by atoms with Crippen LogP contribution in [0.2, 0.25) is 0 Å². The van der Waals surface area contributed by atoms with Crippen LogP contribution >= 0.6 is 0 Å². The maximum absolute atomic E-state index is 10.5. The van der Waals surface area contributed by atoms with E-state index in [9.17, 15) is 5.11 Å². The van der Waals surface area contributed by atoms with Gasteiger partial charge in [-0.3, -0.25) is 4.90 Å². The lowest BCUT2D eigenvalue weighted by molar-refractivity contribution is 0.0336. The van der Waals surface area contributed by atoms with Crippen molar-refractivity contribution in [1.82, 2.24) is 10.2 Å². The number of rotatable bonds is 5. The number of piperidine rings is 1. The molecule has 1 aliphatic heterocycles. The van der Waals surface area contributed by atoms with Crippen molar-refractivity contribution in [1.29, 1.82) is 0 Å². The average Bonchev–Trinajstić information content (AvgIpc) is 2.59. The molecule has 3 nitrogen and oxygen atoms in total. The number of hydrogen-bond acceptors (Lipinski definition) is 3. The Balaban J connectivity index is 1.52. The van der Waals surface area contributed by atoms with Gasteiger partial charge < -0.3 is 10.4 Å². The molecule has 3 unspecified atom stereocenters. The van der Waals surface area contributed by atoms with Crippen LogP contribution in [0.1, 0.15) is 30.5 Å². The molecule has 0 amide bonds. The zero-order chi connectivity index (χ0) is 16.1. The first-order chi connectivity index (χ1) is 11.2. The zero-order valence-electron chi connectivity index (χ0n) is 13.7. The number of aliphatic hydroxyl groups excluding tert-OH is 1. The maximum Gasteiger partial charge on any atom is 0.0820 e. The molecule has 23 heavy (non-hydrogen) atoms. The molecule has 2 N–H and O–H groups in total. The first-order valence-electron chi connectivity index (χ1n) is 8.48. The molecule has 2 aromatic rings. The number of nitrogens with zero attached hydrogens (tertiary/aromatic N) is 1. The third-order valence-corrected chi connectivity index (χ3v) is 4.68. The predicted octanol–water partition coefficient (Wildman–Crippen LogP) is 2.97. The van der Waals surface area contributed by atoms with E-state index in [2.05, 4.69) is 65.7 Å². The van der Waals surface area contributed by atoms with Crippen LogP contribution in [0.3, 0.4) is 0 Å². The third kappa shape index (κ3) is 4.41. The fourth-order valence-electron chi connectivity index (χ4n) is 3.34. The molecule has 1 heterocycles. The van der Waals surface area contributed by atoms with Crippen LogP contribution in [0.25, 0.3) is 0 Å². The summed E-state index contributed by atoms with van der Waals surface area (Å²) in [6.45, 7) is 4.83. The number of nitrogens with one attached hydrogen (secondary N) is 1. The SMILES string of the molecule is CC(NC1CCN(Cc2ccccc2)CC1O)c1ccccc1. The second-order valence-electron chi connectivity index (χ2n) is 6.48. The fourth-order valence-corrected chi connectivity index (χ4v) is 3.34. The summed E-state index contributed by atoms with van der Waals surface area (Å²) in [5.74, 6) is 0. The Labute approximate surface area is 139 Å². The van der Waals surface area contributed by atoms with Gasteiger partial charge in [0.2, 0.25) is 0 Å². The van der Waals surface area contributed by atoms with Crippen LogP contribution in [-0.4, -0.2) is 35.2 Å². The van der Waals surface area contributed by atoms with Gasteiger partial charge in [0.1, 0.15) is 0 Å². The second-order valence-corrected chi connectivity index (χ2v) is 6.48. The van der Waals surface area contributed by atoms with Crippen molar-refractivity contribution < 1.29 is 5.11 Å². The largest absolute Gasteiger partial charge is 0.390 e. The lowest BCUT2D eigenvalue weighted by Crippen LogP contribution is -2.52. The molecule has 1 fully saturated rings. The minimum Gasteiger partial charge on any atom is -0.390 e. The van der Waals surface area contributed by atoms with E-state index in [4.69, 9.17) is 0 Å². The van der Waals surface area contributed by atoms with Crippen molar-refractivity contribution in [3.63, 3.8) is 0 Å². The zero-order valence-corrected chi connectivity index (χ0v) is 13.7. The highest BCUT2D eigenvalue weighted by atomic mass is 16.3. The molecule has 1 saturated heterocycles. The van der Waals surface area contributed by atoms with Gasteiger partial charge in [0.25, 0.3) is 0 Å². The predicted molar refractivity (Wildman–Crippen MR) is 94.1 cm³/mol. The van der Waals surface area contributed by atoms with Gasteiger partial charge >= 0.3 is 0 Å². The van der Waals surface area contributed by atoms with E-state index in [1.54, 1.807) is 0 Å². The monoisotopic (exact) mass is 310 g/mol. The first kappa shape index (κ1) is 16.2. The molecule has 2 aromatic carbocycles. The molecule has 1 aliphatic rings. The van der Waals surface area contributed by atoms with E-state index < -0.39 is 0 Å². The Hall–Kier alpha value is -1.68. The van der Waals surface area contributed by atoms with Crippen molar-refractivity contribution in [2.45, 2.75) is 38.1 Å². The summed E-state index contributed by atoms with van der Waals surface area (Å²) in [5, 5.41) is 14.1. The van der Waals surface area contributed by atoms with Crippen molar-refractivity contribution in [2.75, 3.05) is 13.1 Å². The number of β-amino-alcohol motifs (C(OH)–C–C–N with tert-alkyl or cyclic N) is 1. The smallest absolute Gasteiger partial charge is 0.0820 e. The van der Waals surface area contributed by atoms with E-state index in [1.807, 2.05) is 12.1 Å². The fraction of sp³-hybridized carbons (Fsp3) is 0.400.